The molecule has 0 saturated heterocycles. The third-order valence-electron chi connectivity index (χ3n) is 4.49. The third kappa shape index (κ3) is 6.84. The van der Waals surface area contributed by atoms with Crippen LogP contribution in [0.1, 0.15) is 59.4 Å². The van der Waals surface area contributed by atoms with E-state index >= 15 is 0 Å². The lowest BCUT2D eigenvalue weighted by Gasteiger charge is -2.13. The summed E-state index contributed by atoms with van der Waals surface area (Å²) in [6, 6.07) is 13.4. The van der Waals surface area contributed by atoms with Gasteiger partial charge in [0.1, 0.15) is 0 Å². The summed E-state index contributed by atoms with van der Waals surface area (Å²) >= 11 is 0. The first-order chi connectivity index (χ1) is 14.3. The van der Waals surface area contributed by atoms with Crippen molar-refractivity contribution in [3.63, 3.8) is 0 Å². The highest BCUT2D eigenvalue weighted by atomic mass is 16.5. The molecule has 0 aliphatic rings. The largest absolute Gasteiger partial charge is 0.453 e. The Kier molecular flexibility index (Phi) is 8.29. The fourth-order valence-corrected chi connectivity index (χ4v) is 2.78. The lowest BCUT2D eigenvalue weighted by atomic mass is 10.0. The van der Waals surface area contributed by atoms with E-state index < -0.39 is 23.9 Å². The zero-order chi connectivity index (χ0) is 22.1. The molecule has 0 bridgehead atoms. The van der Waals surface area contributed by atoms with Crippen LogP contribution in [-0.2, 0) is 20.7 Å². The van der Waals surface area contributed by atoms with Crippen LogP contribution in [0.2, 0.25) is 0 Å². The number of carbonyl (C=O) groups is 4. The zero-order valence-electron chi connectivity index (χ0n) is 17.1. The van der Waals surface area contributed by atoms with E-state index in [0.717, 1.165) is 18.4 Å². The first-order valence-corrected chi connectivity index (χ1v) is 9.82. The number of ether oxygens (including phenoxy) is 1. The number of benzene rings is 2. The monoisotopic (exact) mass is 410 g/mol. The van der Waals surface area contributed by atoms with Crippen molar-refractivity contribution >= 4 is 29.3 Å². The Morgan fingerprint density at radius 2 is 1.53 bits per heavy atom. The molecule has 2 aromatic carbocycles. The van der Waals surface area contributed by atoms with Crippen LogP contribution in [0.3, 0.4) is 0 Å². The molecule has 2 aromatic rings. The van der Waals surface area contributed by atoms with Crippen LogP contribution in [0.15, 0.2) is 48.5 Å². The van der Waals surface area contributed by atoms with E-state index in [1.807, 2.05) is 12.1 Å². The van der Waals surface area contributed by atoms with Crippen LogP contribution in [-0.4, -0.2) is 29.7 Å². The Hall–Kier alpha value is -3.48. The number of rotatable bonds is 10. The molecular weight excluding hydrogens is 384 g/mol. The maximum Gasteiger partial charge on any atom is 0.307 e. The molecule has 0 radical (unpaired) electrons. The van der Waals surface area contributed by atoms with Gasteiger partial charge in [-0.3, -0.25) is 19.2 Å². The predicted octanol–water partition coefficient (Wildman–Crippen LogP) is 3.27. The van der Waals surface area contributed by atoms with Crippen molar-refractivity contribution in [2.75, 3.05) is 5.32 Å². The molecule has 3 N–H and O–H groups in total. The normalized spacial score (nSPS) is 11.4. The second-order valence-corrected chi connectivity index (χ2v) is 6.93. The highest BCUT2D eigenvalue weighted by molar-refractivity contribution is 5.98. The summed E-state index contributed by atoms with van der Waals surface area (Å²) in [5.41, 5.74) is 7.64. The number of aryl methyl sites for hydroxylation is 1. The summed E-state index contributed by atoms with van der Waals surface area (Å²) < 4.78 is 5.11. The van der Waals surface area contributed by atoms with E-state index in [-0.39, 0.29) is 18.6 Å². The van der Waals surface area contributed by atoms with Crippen molar-refractivity contribution in [3.8, 4) is 0 Å². The molecule has 7 heteroatoms. The Balaban J connectivity index is 1.79. The van der Waals surface area contributed by atoms with Crippen molar-refractivity contribution in [3.05, 3.63) is 65.2 Å². The van der Waals surface area contributed by atoms with Crippen LogP contribution in [0.25, 0.3) is 0 Å². The van der Waals surface area contributed by atoms with E-state index in [0.29, 0.717) is 16.8 Å². The molecule has 0 aliphatic heterocycles. The number of hydrogen-bond acceptors (Lipinski definition) is 5. The lowest BCUT2D eigenvalue weighted by molar-refractivity contribution is -0.153. The smallest absolute Gasteiger partial charge is 0.307 e. The second-order valence-electron chi connectivity index (χ2n) is 6.93. The van der Waals surface area contributed by atoms with Crippen LogP contribution < -0.4 is 11.1 Å². The number of Topliss-reactive ketones (excluding diaryl/α,β-unsaturated/α-hetero) is 1. The summed E-state index contributed by atoms with van der Waals surface area (Å²) in [5, 5.41) is 2.58. The van der Waals surface area contributed by atoms with Gasteiger partial charge in [0.15, 0.2) is 11.9 Å². The molecule has 0 aromatic heterocycles. The molecule has 0 spiro atoms. The average molecular weight is 410 g/mol. The van der Waals surface area contributed by atoms with Crippen molar-refractivity contribution in [1.82, 2.24) is 0 Å². The molecular formula is C23H26N2O5. The van der Waals surface area contributed by atoms with Gasteiger partial charge in [-0.15, -0.1) is 0 Å². The maximum atomic E-state index is 12.2. The summed E-state index contributed by atoms with van der Waals surface area (Å²) in [6.45, 7) is 3.53. The summed E-state index contributed by atoms with van der Waals surface area (Å²) in [5.74, 6) is -1.87. The Morgan fingerprint density at radius 3 is 2.10 bits per heavy atom. The SMILES string of the molecule is CCCc1ccc(C(=O)CCC(=O)O[C@H](C)C(=O)Nc2ccc(C(N)=O)cc2)cc1. The van der Waals surface area contributed by atoms with E-state index in [1.165, 1.54) is 31.2 Å². The predicted molar refractivity (Wildman–Crippen MR) is 113 cm³/mol. The first-order valence-electron chi connectivity index (χ1n) is 9.82. The van der Waals surface area contributed by atoms with Gasteiger partial charge in [-0.2, -0.15) is 0 Å². The molecule has 0 aliphatic carbocycles. The average Bonchev–Trinajstić information content (AvgIpc) is 2.73. The fraction of sp³-hybridized carbons (Fsp3) is 0.304. The minimum atomic E-state index is -1.03. The number of hydrogen-bond donors (Lipinski definition) is 2. The molecule has 30 heavy (non-hydrogen) atoms. The van der Waals surface area contributed by atoms with E-state index in [2.05, 4.69) is 12.2 Å². The standard InChI is InChI=1S/C23H26N2O5/c1-3-4-16-5-7-17(8-6-16)20(26)13-14-21(27)30-15(2)23(29)25-19-11-9-18(10-12-19)22(24)28/h5-12,15H,3-4,13-14H2,1-2H3,(H2,24,28)(H,25,29)/t15-/m1/s1. The van der Waals surface area contributed by atoms with E-state index in [4.69, 9.17) is 10.5 Å². The van der Waals surface area contributed by atoms with Gasteiger partial charge < -0.3 is 15.8 Å². The summed E-state index contributed by atoms with van der Waals surface area (Å²) in [7, 11) is 0. The zero-order valence-corrected chi connectivity index (χ0v) is 17.1. The minimum absolute atomic E-state index is 0.00881. The van der Waals surface area contributed by atoms with Crippen LogP contribution in [0, 0.1) is 0 Å². The van der Waals surface area contributed by atoms with Gasteiger partial charge in [-0.05, 0) is 43.2 Å². The molecule has 1 atom stereocenters. The van der Waals surface area contributed by atoms with Gasteiger partial charge in [-0.1, -0.05) is 37.6 Å². The van der Waals surface area contributed by atoms with E-state index in [9.17, 15) is 19.2 Å². The van der Waals surface area contributed by atoms with E-state index in [1.54, 1.807) is 12.1 Å². The molecule has 0 heterocycles. The third-order valence-corrected chi connectivity index (χ3v) is 4.49. The van der Waals surface area contributed by atoms with Gasteiger partial charge in [0, 0.05) is 23.2 Å². The first kappa shape index (κ1) is 22.8. The van der Waals surface area contributed by atoms with Crippen molar-refractivity contribution in [2.45, 2.75) is 45.6 Å². The Bertz CT molecular complexity index is 904. The molecule has 0 fully saturated rings. The number of anilines is 1. The van der Waals surface area contributed by atoms with Crippen molar-refractivity contribution < 1.29 is 23.9 Å². The number of amides is 2. The Labute approximate surface area is 175 Å². The molecule has 7 nitrogen and oxygen atoms in total. The fourth-order valence-electron chi connectivity index (χ4n) is 2.78. The number of carbonyl (C=O) groups excluding carboxylic acids is 4. The summed E-state index contributed by atoms with van der Waals surface area (Å²) in [4.78, 5) is 47.5. The minimum Gasteiger partial charge on any atom is -0.453 e. The molecule has 2 rings (SSSR count). The van der Waals surface area contributed by atoms with Gasteiger partial charge in [-0.25, -0.2) is 0 Å². The lowest BCUT2D eigenvalue weighted by Crippen LogP contribution is -2.30. The highest BCUT2D eigenvalue weighted by Gasteiger charge is 2.19. The number of nitrogens with two attached hydrogens (primary N) is 1. The molecule has 0 unspecified atom stereocenters. The maximum absolute atomic E-state index is 12.2. The van der Waals surface area contributed by atoms with Gasteiger partial charge in [0.2, 0.25) is 5.91 Å². The van der Waals surface area contributed by atoms with Crippen LogP contribution in [0.4, 0.5) is 5.69 Å². The van der Waals surface area contributed by atoms with Gasteiger partial charge in [0.25, 0.3) is 5.91 Å². The Morgan fingerprint density at radius 1 is 0.933 bits per heavy atom. The van der Waals surface area contributed by atoms with Crippen molar-refractivity contribution in [2.24, 2.45) is 5.73 Å². The van der Waals surface area contributed by atoms with Crippen LogP contribution >= 0.6 is 0 Å². The molecule has 0 saturated carbocycles. The second kappa shape index (κ2) is 10.9. The molecule has 2 amide bonds. The quantitative estimate of drug-likeness (QED) is 0.461. The van der Waals surface area contributed by atoms with Crippen LogP contribution in [0.5, 0.6) is 0 Å². The molecule has 158 valence electrons. The van der Waals surface area contributed by atoms with Gasteiger partial charge in [0.05, 0.1) is 6.42 Å². The highest BCUT2D eigenvalue weighted by Crippen LogP contribution is 2.12. The number of ketones is 1. The number of esters is 1. The van der Waals surface area contributed by atoms with Crippen molar-refractivity contribution in [1.29, 1.82) is 0 Å². The summed E-state index contributed by atoms with van der Waals surface area (Å²) in [6.07, 6.45) is 0.853. The number of primary amides is 1. The van der Waals surface area contributed by atoms with Gasteiger partial charge >= 0.3 is 5.97 Å². The number of nitrogens with one attached hydrogen (secondary N) is 1. The topological polar surface area (TPSA) is 116 Å².